The summed E-state index contributed by atoms with van der Waals surface area (Å²) in [6, 6.07) is 9.56. The number of halogens is 1. The van der Waals surface area contributed by atoms with E-state index in [0.717, 1.165) is 5.56 Å². The second-order valence-corrected chi connectivity index (χ2v) is 5.90. The van der Waals surface area contributed by atoms with Crippen LogP contribution >= 0.6 is 12.2 Å². The maximum atomic E-state index is 13.2. The van der Waals surface area contributed by atoms with Gasteiger partial charge in [0.15, 0.2) is 0 Å². The van der Waals surface area contributed by atoms with Crippen LogP contribution in [0.15, 0.2) is 53.3 Å². The molecule has 3 rings (SSSR count). The number of nitrogens with zero attached hydrogens (tertiary/aromatic N) is 2. The summed E-state index contributed by atoms with van der Waals surface area (Å²) in [5.74, 6) is -0.0586. The highest BCUT2D eigenvalue weighted by Gasteiger charge is 2.20. The average molecular weight is 355 g/mol. The van der Waals surface area contributed by atoms with E-state index in [-0.39, 0.29) is 18.0 Å². The normalized spacial score (nSPS) is 10.5. The average Bonchev–Trinajstić information content (AvgIpc) is 2.99. The molecule has 7 heteroatoms. The number of benzene rings is 1. The summed E-state index contributed by atoms with van der Waals surface area (Å²) < 4.78 is 18.6. The Morgan fingerprint density at radius 1 is 1.16 bits per heavy atom. The smallest absolute Gasteiger partial charge is 0.237 e. The third-order valence-corrected chi connectivity index (χ3v) is 3.69. The number of hydrogen-bond donors (Lipinski definition) is 1. The van der Waals surface area contributed by atoms with Crippen molar-refractivity contribution in [2.75, 3.05) is 5.32 Å². The molecule has 0 aliphatic rings. The molecule has 1 aromatic carbocycles. The van der Waals surface area contributed by atoms with E-state index in [9.17, 15) is 9.18 Å². The van der Waals surface area contributed by atoms with Gasteiger partial charge in [0.2, 0.25) is 5.88 Å². The maximum Gasteiger partial charge on any atom is 0.237 e. The molecule has 0 aliphatic carbocycles. The third kappa shape index (κ3) is 3.95. The predicted molar refractivity (Wildman–Crippen MR) is 96.6 cm³/mol. The minimum absolute atomic E-state index is 0.0544. The molecular weight excluding hydrogens is 341 g/mol. The van der Waals surface area contributed by atoms with Crippen molar-refractivity contribution in [3.63, 3.8) is 0 Å². The Morgan fingerprint density at radius 3 is 2.48 bits per heavy atom. The second kappa shape index (κ2) is 7.31. The number of carbonyl (C=O) groups excluding carboxylic acids is 1. The first-order valence-electron chi connectivity index (χ1n) is 7.50. The molecule has 0 fully saturated rings. The Morgan fingerprint density at radius 2 is 1.84 bits per heavy atom. The summed E-state index contributed by atoms with van der Waals surface area (Å²) in [6.07, 6.45) is 3.40. The molecule has 2 aromatic heterocycles. The van der Waals surface area contributed by atoms with Crippen molar-refractivity contribution in [1.82, 2.24) is 10.1 Å². The maximum absolute atomic E-state index is 13.2. The highest BCUT2D eigenvalue weighted by molar-refractivity contribution is 7.80. The topological polar surface area (TPSA) is 68.0 Å². The Balaban J connectivity index is 2.06. The van der Waals surface area contributed by atoms with Crippen LogP contribution in [0.3, 0.4) is 0 Å². The molecule has 0 atom stereocenters. The van der Waals surface area contributed by atoms with Crippen LogP contribution in [0.5, 0.6) is 0 Å². The van der Waals surface area contributed by atoms with Crippen molar-refractivity contribution in [2.45, 2.75) is 13.3 Å². The van der Waals surface area contributed by atoms with Gasteiger partial charge in [0.25, 0.3) is 0 Å². The number of aromatic nitrogens is 2. The minimum atomic E-state index is -0.335. The van der Waals surface area contributed by atoms with Crippen molar-refractivity contribution < 1.29 is 13.7 Å². The van der Waals surface area contributed by atoms with Crippen molar-refractivity contribution in [3.05, 3.63) is 54.6 Å². The van der Waals surface area contributed by atoms with E-state index in [0.29, 0.717) is 27.7 Å². The van der Waals surface area contributed by atoms with Gasteiger partial charge in [0.1, 0.15) is 17.3 Å². The molecule has 0 radical (unpaired) electrons. The van der Waals surface area contributed by atoms with Crippen LogP contribution in [-0.4, -0.2) is 20.9 Å². The van der Waals surface area contributed by atoms with Crippen LogP contribution in [0.1, 0.15) is 13.3 Å². The summed E-state index contributed by atoms with van der Waals surface area (Å²) >= 11 is 5.18. The van der Waals surface area contributed by atoms with E-state index >= 15 is 0 Å². The molecule has 0 unspecified atom stereocenters. The minimum Gasteiger partial charge on any atom is -0.337 e. The van der Waals surface area contributed by atoms with Gasteiger partial charge in [-0.1, -0.05) is 17.4 Å². The van der Waals surface area contributed by atoms with Crippen LogP contribution in [0.25, 0.3) is 22.4 Å². The second-order valence-electron chi connectivity index (χ2n) is 5.41. The zero-order chi connectivity index (χ0) is 17.8. The Kier molecular flexibility index (Phi) is 4.95. The number of thiocarbonyl (C=S) groups is 1. The van der Waals surface area contributed by atoms with Crippen LogP contribution in [0.2, 0.25) is 0 Å². The molecule has 3 aromatic rings. The number of ketones is 1. The van der Waals surface area contributed by atoms with Gasteiger partial charge in [-0.3, -0.25) is 9.78 Å². The number of anilines is 1. The van der Waals surface area contributed by atoms with Crippen molar-refractivity contribution in [2.24, 2.45) is 0 Å². The highest BCUT2D eigenvalue weighted by atomic mass is 32.1. The standard InChI is InChI=1S/C18H14FN3O2S/c1-11(23)10-15(25)21-18-16(12-6-8-20-9-7-12)17(22-24-18)13-2-4-14(19)5-3-13/h2-9H,10H2,1H3,(H,21,25). The number of rotatable bonds is 5. The first kappa shape index (κ1) is 16.9. The number of pyridine rings is 1. The molecule has 126 valence electrons. The predicted octanol–water partition coefficient (Wildman–Crippen LogP) is 4.26. The molecular formula is C18H14FN3O2S. The molecule has 1 N–H and O–H groups in total. The third-order valence-electron chi connectivity index (χ3n) is 3.44. The zero-order valence-corrected chi connectivity index (χ0v) is 14.1. The highest BCUT2D eigenvalue weighted by Crippen LogP contribution is 2.37. The van der Waals surface area contributed by atoms with Crippen molar-refractivity contribution in [1.29, 1.82) is 0 Å². The Hall–Kier alpha value is -2.93. The largest absolute Gasteiger partial charge is 0.337 e. The SMILES string of the molecule is CC(=O)CC(=S)Nc1onc(-c2ccc(F)cc2)c1-c1ccncc1. The van der Waals surface area contributed by atoms with Crippen LogP contribution < -0.4 is 5.32 Å². The van der Waals surface area contributed by atoms with Crippen LogP contribution in [0, 0.1) is 5.82 Å². The fourth-order valence-electron chi connectivity index (χ4n) is 2.36. The van der Waals surface area contributed by atoms with Gasteiger partial charge >= 0.3 is 0 Å². The molecule has 0 amide bonds. The lowest BCUT2D eigenvalue weighted by atomic mass is 10.0. The first-order chi connectivity index (χ1) is 12.0. The van der Waals surface area contributed by atoms with E-state index in [1.54, 1.807) is 36.7 Å². The van der Waals surface area contributed by atoms with Gasteiger partial charge in [0, 0.05) is 18.0 Å². The Labute approximate surface area is 148 Å². The summed E-state index contributed by atoms with van der Waals surface area (Å²) in [5, 5.41) is 7.03. The Bertz CT molecular complexity index is 908. The molecule has 0 bridgehead atoms. The van der Waals surface area contributed by atoms with E-state index < -0.39 is 0 Å². The van der Waals surface area contributed by atoms with Gasteiger partial charge < -0.3 is 9.84 Å². The van der Waals surface area contributed by atoms with Gasteiger partial charge in [-0.25, -0.2) is 4.39 Å². The quantitative estimate of drug-likeness (QED) is 0.690. The number of carbonyl (C=O) groups is 1. The van der Waals surface area contributed by atoms with Crippen LogP contribution in [0.4, 0.5) is 10.3 Å². The first-order valence-corrected chi connectivity index (χ1v) is 7.90. The van der Waals surface area contributed by atoms with Gasteiger partial charge in [-0.15, -0.1) is 0 Å². The lowest BCUT2D eigenvalue weighted by Crippen LogP contribution is -2.12. The van der Waals surface area contributed by atoms with Crippen molar-refractivity contribution >= 4 is 28.9 Å². The molecule has 0 saturated carbocycles. The number of nitrogens with one attached hydrogen (secondary N) is 1. The zero-order valence-electron chi connectivity index (χ0n) is 13.3. The molecule has 5 nitrogen and oxygen atoms in total. The van der Waals surface area contributed by atoms with E-state index in [1.165, 1.54) is 19.1 Å². The fraction of sp³-hybridized carbons (Fsp3) is 0.111. The van der Waals surface area contributed by atoms with E-state index in [4.69, 9.17) is 16.7 Å². The van der Waals surface area contributed by atoms with Crippen LogP contribution in [-0.2, 0) is 4.79 Å². The summed E-state index contributed by atoms with van der Waals surface area (Å²) in [6.45, 7) is 1.46. The monoisotopic (exact) mass is 355 g/mol. The molecule has 0 spiro atoms. The lowest BCUT2D eigenvalue weighted by molar-refractivity contribution is -0.115. The fourth-order valence-corrected chi connectivity index (χ4v) is 2.66. The summed E-state index contributed by atoms with van der Waals surface area (Å²) in [7, 11) is 0. The lowest BCUT2D eigenvalue weighted by Gasteiger charge is -2.07. The van der Waals surface area contributed by atoms with Gasteiger partial charge in [0.05, 0.1) is 17.0 Å². The summed E-state index contributed by atoms with van der Waals surface area (Å²) in [4.78, 5) is 15.6. The molecule has 25 heavy (non-hydrogen) atoms. The van der Waals surface area contributed by atoms with Gasteiger partial charge in [-0.05, 0) is 48.9 Å². The van der Waals surface area contributed by atoms with E-state index in [2.05, 4.69) is 15.5 Å². The number of hydrogen-bond acceptors (Lipinski definition) is 5. The number of Topliss-reactive ketones (excluding diaryl/α,β-unsaturated/α-hetero) is 1. The molecule has 0 aliphatic heterocycles. The van der Waals surface area contributed by atoms with Crippen molar-refractivity contribution in [3.8, 4) is 22.4 Å². The molecule has 2 heterocycles. The summed E-state index contributed by atoms with van der Waals surface area (Å²) in [5.41, 5.74) is 2.71. The van der Waals surface area contributed by atoms with E-state index in [1.807, 2.05) is 0 Å². The van der Waals surface area contributed by atoms with Gasteiger partial charge in [-0.2, -0.15) is 0 Å². The molecule has 0 saturated heterocycles.